The Morgan fingerprint density at radius 3 is 2.53 bits per heavy atom. The van der Waals surface area contributed by atoms with Crippen molar-refractivity contribution in [2.24, 2.45) is 0 Å². The Labute approximate surface area is 118 Å². The Hall–Kier alpha value is -0.980. The summed E-state index contributed by atoms with van der Waals surface area (Å²) < 4.78 is 0. The summed E-state index contributed by atoms with van der Waals surface area (Å²) in [6, 6.07) is 4.46. The molecule has 0 atom stereocenters. The van der Waals surface area contributed by atoms with Crippen molar-refractivity contribution in [2.75, 3.05) is 0 Å². The van der Waals surface area contributed by atoms with Gasteiger partial charge in [0, 0.05) is 0 Å². The van der Waals surface area contributed by atoms with E-state index < -0.39 is 0 Å². The molecule has 0 saturated heterocycles. The molecule has 1 aliphatic carbocycles. The fraction of sp³-hybridized carbons (Fsp3) is 0.667. The van der Waals surface area contributed by atoms with E-state index >= 15 is 0 Å². The van der Waals surface area contributed by atoms with Gasteiger partial charge >= 0.3 is 0 Å². The van der Waals surface area contributed by atoms with Crippen LogP contribution in [0.3, 0.4) is 0 Å². The third-order valence-electron chi connectivity index (χ3n) is 4.50. The lowest BCUT2D eigenvalue weighted by molar-refractivity contribution is 0.412. The van der Waals surface area contributed by atoms with Crippen molar-refractivity contribution < 1.29 is 5.11 Å². The minimum absolute atomic E-state index is 0.561. The van der Waals surface area contributed by atoms with E-state index in [0.29, 0.717) is 11.7 Å². The molecule has 0 aromatic heterocycles. The molecule has 0 aliphatic heterocycles. The van der Waals surface area contributed by atoms with Crippen LogP contribution in [0, 0.1) is 6.92 Å². The number of unbranched alkanes of at least 4 members (excludes halogenated alkanes) is 2. The van der Waals surface area contributed by atoms with Gasteiger partial charge in [0.15, 0.2) is 0 Å². The Morgan fingerprint density at radius 1 is 1.11 bits per heavy atom. The summed E-state index contributed by atoms with van der Waals surface area (Å²) in [6.07, 6.45) is 11.5. The minimum Gasteiger partial charge on any atom is -0.507 e. The van der Waals surface area contributed by atoms with E-state index in [0.717, 1.165) is 12.0 Å². The van der Waals surface area contributed by atoms with Gasteiger partial charge in [0.1, 0.15) is 5.75 Å². The molecule has 0 bridgehead atoms. The molecule has 0 radical (unpaired) electrons. The molecular weight excluding hydrogens is 232 g/mol. The molecule has 1 fully saturated rings. The minimum atomic E-state index is 0.561. The zero-order chi connectivity index (χ0) is 13.7. The second-order valence-electron chi connectivity index (χ2n) is 6.14. The highest BCUT2D eigenvalue weighted by molar-refractivity contribution is 5.45. The molecule has 1 N–H and O–H groups in total. The smallest absolute Gasteiger partial charge is 0.121 e. The Kier molecular flexibility index (Phi) is 5.30. The van der Waals surface area contributed by atoms with Crippen molar-refractivity contribution in [1.82, 2.24) is 0 Å². The lowest BCUT2D eigenvalue weighted by atomic mass is 9.82. The standard InChI is InChI=1S/C18H28O/c1-3-4-6-9-15-12-14(2)18(19)17(13-15)16-10-7-5-8-11-16/h12-13,16,19H,3-11H2,1-2H3. The van der Waals surface area contributed by atoms with Crippen LogP contribution in [0.1, 0.15) is 80.9 Å². The molecule has 19 heavy (non-hydrogen) atoms. The number of aryl methyl sites for hydroxylation is 2. The first-order valence-electron chi connectivity index (χ1n) is 8.04. The fourth-order valence-corrected chi connectivity index (χ4v) is 3.33. The van der Waals surface area contributed by atoms with Crippen LogP contribution in [0.4, 0.5) is 0 Å². The number of rotatable bonds is 5. The maximum atomic E-state index is 10.3. The van der Waals surface area contributed by atoms with Gasteiger partial charge in [0.25, 0.3) is 0 Å². The van der Waals surface area contributed by atoms with E-state index in [4.69, 9.17) is 0 Å². The summed E-state index contributed by atoms with van der Waals surface area (Å²) >= 11 is 0. The van der Waals surface area contributed by atoms with Crippen molar-refractivity contribution in [2.45, 2.75) is 77.6 Å². The van der Waals surface area contributed by atoms with Gasteiger partial charge in [-0.15, -0.1) is 0 Å². The molecule has 1 aromatic rings. The maximum absolute atomic E-state index is 10.3. The van der Waals surface area contributed by atoms with Gasteiger partial charge in [0.2, 0.25) is 0 Å². The molecule has 0 heterocycles. The van der Waals surface area contributed by atoms with Crippen LogP contribution in [0.2, 0.25) is 0 Å². The first-order chi connectivity index (χ1) is 9.22. The topological polar surface area (TPSA) is 20.2 Å². The number of phenols is 1. The number of phenolic OH excluding ortho intramolecular Hbond substituents is 1. The van der Waals surface area contributed by atoms with E-state index in [1.807, 2.05) is 6.92 Å². The van der Waals surface area contributed by atoms with E-state index in [-0.39, 0.29) is 0 Å². The van der Waals surface area contributed by atoms with Crippen LogP contribution in [0.25, 0.3) is 0 Å². The second-order valence-corrected chi connectivity index (χ2v) is 6.14. The predicted octanol–water partition coefficient (Wildman–Crippen LogP) is 5.48. The summed E-state index contributed by atoms with van der Waals surface area (Å²) in [5.41, 5.74) is 3.71. The molecule has 1 saturated carbocycles. The molecular formula is C18H28O. The van der Waals surface area contributed by atoms with Crippen LogP contribution in [0.15, 0.2) is 12.1 Å². The van der Waals surface area contributed by atoms with Gasteiger partial charge in [-0.25, -0.2) is 0 Å². The third kappa shape index (κ3) is 3.75. The van der Waals surface area contributed by atoms with E-state index in [1.54, 1.807) is 0 Å². The third-order valence-corrected chi connectivity index (χ3v) is 4.50. The van der Waals surface area contributed by atoms with Crippen LogP contribution >= 0.6 is 0 Å². The summed E-state index contributed by atoms with van der Waals surface area (Å²) in [5.74, 6) is 1.16. The summed E-state index contributed by atoms with van der Waals surface area (Å²) in [5, 5.41) is 10.3. The molecule has 1 nitrogen and oxygen atoms in total. The predicted molar refractivity (Wildman–Crippen MR) is 81.9 cm³/mol. The van der Waals surface area contributed by atoms with Crippen LogP contribution in [-0.4, -0.2) is 5.11 Å². The van der Waals surface area contributed by atoms with Crippen molar-refractivity contribution in [3.8, 4) is 5.75 Å². The van der Waals surface area contributed by atoms with Gasteiger partial charge in [0.05, 0.1) is 0 Å². The van der Waals surface area contributed by atoms with E-state index in [1.165, 1.54) is 62.5 Å². The van der Waals surface area contributed by atoms with E-state index in [9.17, 15) is 5.11 Å². The van der Waals surface area contributed by atoms with Gasteiger partial charge in [-0.2, -0.15) is 0 Å². The van der Waals surface area contributed by atoms with Crippen LogP contribution in [-0.2, 0) is 6.42 Å². The number of hydrogen-bond donors (Lipinski definition) is 1. The molecule has 1 heteroatoms. The SMILES string of the molecule is CCCCCc1cc(C)c(O)c(C2CCCCC2)c1. The fourth-order valence-electron chi connectivity index (χ4n) is 3.33. The number of aromatic hydroxyl groups is 1. The lowest BCUT2D eigenvalue weighted by Gasteiger charge is -2.24. The molecule has 2 rings (SSSR count). The highest BCUT2D eigenvalue weighted by Crippen LogP contribution is 2.39. The lowest BCUT2D eigenvalue weighted by Crippen LogP contribution is -2.06. The molecule has 0 amide bonds. The first-order valence-corrected chi connectivity index (χ1v) is 8.04. The summed E-state index contributed by atoms with van der Waals surface area (Å²) in [7, 11) is 0. The Bertz CT molecular complexity index is 402. The Balaban J connectivity index is 2.15. The van der Waals surface area contributed by atoms with Gasteiger partial charge < -0.3 is 5.11 Å². The molecule has 106 valence electrons. The zero-order valence-electron chi connectivity index (χ0n) is 12.5. The highest BCUT2D eigenvalue weighted by atomic mass is 16.3. The summed E-state index contributed by atoms with van der Waals surface area (Å²) in [4.78, 5) is 0. The van der Waals surface area contributed by atoms with Crippen LogP contribution < -0.4 is 0 Å². The Morgan fingerprint density at radius 2 is 1.84 bits per heavy atom. The molecule has 0 unspecified atom stereocenters. The first kappa shape index (κ1) is 14.4. The second kappa shape index (κ2) is 6.98. The van der Waals surface area contributed by atoms with Crippen molar-refractivity contribution >= 4 is 0 Å². The quantitative estimate of drug-likeness (QED) is 0.695. The van der Waals surface area contributed by atoms with Gasteiger partial charge in [-0.1, -0.05) is 51.2 Å². The number of benzene rings is 1. The average molecular weight is 260 g/mol. The summed E-state index contributed by atoms with van der Waals surface area (Å²) in [6.45, 7) is 4.29. The zero-order valence-corrected chi connectivity index (χ0v) is 12.5. The van der Waals surface area contributed by atoms with E-state index in [2.05, 4.69) is 19.1 Å². The van der Waals surface area contributed by atoms with Gasteiger partial charge in [-0.05, 0) is 55.2 Å². The normalized spacial score (nSPS) is 16.7. The monoisotopic (exact) mass is 260 g/mol. The van der Waals surface area contributed by atoms with Crippen molar-refractivity contribution in [3.05, 3.63) is 28.8 Å². The van der Waals surface area contributed by atoms with Crippen molar-refractivity contribution in [3.63, 3.8) is 0 Å². The molecule has 0 spiro atoms. The van der Waals surface area contributed by atoms with Crippen LogP contribution in [0.5, 0.6) is 5.75 Å². The average Bonchev–Trinajstić information content (AvgIpc) is 2.44. The van der Waals surface area contributed by atoms with Crippen molar-refractivity contribution in [1.29, 1.82) is 0 Å². The molecule has 1 aliphatic rings. The maximum Gasteiger partial charge on any atom is 0.121 e. The molecule has 1 aromatic carbocycles. The largest absolute Gasteiger partial charge is 0.507 e. The van der Waals surface area contributed by atoms with Gasteiger partial charge in [-0.3, -0.25) is 0 Å². The number of hydrogen-bond acceptors (Lipinski definition) is 1. The highest BCUT2D eigenvalue weighted by Gasteiger charge is 2.20.